The van der Waals surface area contributed by atoms with Crippen molar-refractivity contribution in [2.24, 2.45) is 0 Å². The third kappa shape index (κ3) is 4.84. The minimum absolute atomic E-state index is 0.132. The standard InChI is InChI=1S/C19H25N3O2S2/c1-3-13(4-2)18-21-22-19(26-18)20-17(23)15-9-5-6-10-16(15)25-12-14-8-7-11-24-14/h5-6,9-10,13-14H,3-4,7-8,11-12H2,1-2H3,(H,20,22,23). The monoisotopic (exact) mass is 391 g/mol. The Balaban J connectivity index is 1.66. The Bertz CT molecular complexity index is 725. The number of aromatic nitrogens is 2. The molecule has 0 spiro atoms. The molecule has 1 N–H and O–H groups in total. The molecule has 140 valence electrons. The summed E-state index contributed by atoms with van der Waals surface area (Å²) in [7, 11) is 0. The number of thioether (sulfide) groups is 1. The smallest absolute Gasteiger partial charge is 0.258 e. The van der Waals surface area contributed by atoms with Crippen LogP contribution in [0.5, 0.6) is 0 Å². The van der Waals surface area contributed by atoms with Gasteiger partial charge in [-0.2, -0.15) is 0 Å². The second-order valence-electron chi connectivity index (χ2n) is 6.36. The number of hydrogen-bond acceptors (Lipinski definition) is 6. The van der Waals surface area contributed by atoms with Gasteiger partial charge in [0.25, 0.3) is 5.91 Å². The van der Waals surface area contributed by atoms with Gasteiger partial charge in [0.05, 0.1) is 11.7 Å². The third-order valence-corrected chi connectivity index (χ3v) is 6.78. The molecule has 1 saturated heterocycles. The summed E-state index contributed by atoms with van der Waals surface area (Å²) < 4.78 is 5.68. The molecule has 1 aromatic heterocycles. The molecule has 1 aliphatic heterocycles. The van der Waals surface area contributed by atoms with Gasteiger partial charge in [0.15, 0.2) is 0 Å². The first-order valence-corrected chi connectivity index (χ1v) is 11.0. The fourth-order valence-corrected chi connectivity index (χ4v) is 5.12. The number of carbonyl (C=O) groups is 1. The Morgan fingerprint density at radius 3 is 2.88 bits per heavy atom. The van der Waals surface area contributed by atoms with Gasteiger partial charge in [-0.1, -0.05) is 37.3 Å². The van der Waals surface area contributed by atoms with Gasteiger partial charge in [-0.3, -0.25) is 10.1 Å². The second-order valence-corrected chi connectivity index (χ2v) is 8.43. The molecular formula is C19H25N3O2S2. The number of anilines is 1. The molecule has 2 heterocycles. The maximum Gasteiger partial charge on any atom is 0.258 e. The lowest BCUT2D eigenvalue weighted by Gasteiger charge is -2.11. The normalized spacial score (nSPS) is 17.0. The van der Waals surface area contributed by atoms with Gasteiger partial charge in [-0.05, 0) is 37.8 Å². The van der Waals surface area contributed by atoms with Crippen LogP contribution in [0.15, 0.2) is 29.2 Å². The van der Waals surface area contributed by atoms with E-state index < -0.39 is 0 Å². The van der Waals surface area contributed by atoms with Crippen LogP contribution in [0.2, 0.25) is 0 Å². The molecule has 1 amide bonds. The van der Waals surface area contributed by atoms with E-state index in [-0.39, 0.29) is 5.91 Å². The van der Waals surface area contributed by atoms with Gasteiger partial charge in [-0.25, -0.2) is 0 Å². The molecule has 0 radical (unpaired) electrons. The lowest BCUT2D eigenvalue weighted by molar-refractivity contribution is 0.102. The average molecular weight is 392 g/mol. The van der Waals surface area contributed by atoms with Crippen LogP contribution < -0.4 is 5.32 Å². The van der Waals surface area contributed by atoms with E-state index in [2.05, 4.69) is 29.4 Å². The van der Waals surface area contributed by atoms with Crippen molar-refractivity contribution in [2.45, 2.75) is 56.4 Å². The van der Waals surface area contributed by atoms with Crippen molar-refractivity contribution in [3.05, 3.63) is 34.8 Å². The number of amides is 1. The highest BCUT2D eigenvalue weighted by Gasteiger charge is 2.19. The van der Waals surface area contributed by atoms with E-state index in [9.17, 15) is 4.79 Å². The van der Waals surface area contributed by atoms with Crippen molar-refractivity contribution in [1.82, 2.24) is 10.2 Å². The van der Waals surface area contributed by atoms with Crippen molar-refractivity contribution in [3.8, 4) is 0 Å². The first-order valence-electron chi connectivity index (χ1n) is 9.19. The molecule has 1 aliphatic rings. The molecule has 0 saturated carbocycles. The maximum atomic E-state index is 12.7. The van der Waals surface area contributed by atoms with Crippen LogP contribution in [0.25, 0.3) is 0 Å². The quantitative estimate of drug-likeness (QED) is 0.644. The van der Waals surface area contributed by atoms with Crippen molar-refractivity contribution in [1.29, 1.82) is 0 Å². The van der Waals surface area contributed by atoms with Gasteiger partial charge < -0.3 is 4.74 Å². The summed E-state index contributed by atoms with van der Waals surface area (Å²) in [5.74, 6) is 1.15. The Morgan fingerprint density at radius 1 is 1.35 bits per heavy atom. The highest BCUT2D eigenvalue weighted by atomic mass is 32.2. The van der Waals surface area contributed by atoms with Crippen LogP contribution in [0.1, 0.15) is 60.8 Å². The Morgan fingerprint density at radius 2 is 2.15 bits per heavy atom. The number of ether oxygens (including phenoxy) is 1. The molecule has 2 aromatic rings. The molecule has 26 heavy (non-hydrogen) atoms. The van der Waals surface area contributed by atoms with Gasteiger partial charge in [0.1, 0.15) is 5.01 Å². The van der Waals surface area contributed by atoms with E-state index in [1.807, 2.05) is 24.3 Å². The zero-order valence-corrected chi connectivity index (χ0v) is 16.9. The minimum Gasteiger partial charge on any atom is -0.377 e. The van der Waals surface area contributed by atoms with E-state index in [1.165, 1.54) is 11.3 Å². The summed E-state index contributed by atoms with van der Waals surface area (Å²) in [6.07, 6.45) is 4.58. The molecular weight excluding hydrogens is 366 g/mol. The molecule has 1 atom stereocenters. The topological polar surface area (TPSA) is 64.1 Å². The summed E-state index contributed by atoms with van der Waals surface area (Å²) in [6.45, 7) is 5.15. The second kappa shape index (κ2) is 9.48. The fraction of sp³-hybridized carbons (Fsp3) is 0.526. The van der Waals surface area contributed by atoms with Crippen LogP contribution >= 0.6 is 23.1 Å². The van der Waals surface area contributed by atoms with E-state index in [0.29, 0.717) is 22.7 Å². The molecule has 3 rings (SSSR count). The Labute approximate surface area is 162 Å². The summed E-state index contributed by atoms with van der Waals surface area (Å²) >= 11 is 3.15. The van der Waals surface area contributed by atoms with E-state index in [4.69, 9.17) is 4.74 Å². The summed E-state index contributed by atoms with van der Waals surface area (Å²) in [6, 6.07) is 7.70. The molecule has 5 nitrogen and oxygen atoms in total. The Kier molecular flexibility index (Phi) is 7.05. The lowest BCUT2D eigenvalue weighted by Crippen LogP contribution is -2.14. The molecule has 0 aliphatic carbocycles. The zero-order chi connectivity index (χ0) is 18.4. The predicted molar refractivity (Wildman–Crippen MR) is 107 cm³/mol. The van der Waals surface area contributed by atoms with Gasteiger partial charge in [-0.15, -0.1) is 22.0 Å². The predicted octanol–water partition coefficient (Wildman–Crippen LogP) is 4.97. The van der Waals surface area contributed by atoms with Gasteiger partial charge in [0.2, 0.25) is 5.13 Å². The molecule has 1 unspecified atom stereocenters. The van der Waals surface area contributed by atoms with Crippen molar-refractivity contribution >= 4 is 34.1 Å². The molecule has 1 aromatic carbocycles. The number of nitrogens with zero attached hydrogens (tertiary/aromatic N) is 2. The summed E-state index contributed by atoms with van der Waals surface area (Å²) in [5.41, 5.74) is 0.676. The van der Waals surface area contributed by atoms with E-state index >= 15 is 0 Å². The van der Waals surface area contributed by atoms with Crippen LogP contribution in [-0.4, -0.2) is 34.6 Å². The fourth-order valence-electron chi connectivity index (χ4n) is 2.99. The van der Waals surface area contributed by atoms with Crippen LogP contribution in [0, 0.1) is 0 Å². The van der Waals surface area contributed by atoms with Crippen molar-refractivity contribution < 1.29 is 9.53 Å². The molecule has 7 heteroatoms. The number of rotatable bonds is 8. The number of benzene rings is 1. The van der Waals surface area contributed by atoms with Crippen LogP contribution in [0.4, 0.5) is 5.13 Å². The minimum atomic E-state index is -0.132. The van der Waals surface area contributed by atoms with Crippen molar-refractivity contribution in [3.63, 3.8) is 0 Å². The SMILES string of the molecule is CCC(CC)c1nnc(NC(=O)c2ccccc2SCC2CCCO2)s1. The Hall–Kier alpha value is -1.44. The zero-order valence-electron chi connectivity index (χ0n) is 15.2. The molecule has 0 bridgehead atoms. The number of carbonyl (C=O) groups excluding carboxylic acids is 1. The maximum absolute atomic E-state index is 12.7. The largest absolute Gasteiger partial charge is 0.377 e. The van der Waals surface area contributed by atoms with Gasteiger partial charge in [0, 0.05) is 23.2 Å². The third-order valence-electron chi connectivity index (χ3n) is 4.58. The number of nitrogens with one attached hydrogen (secondary N) is 1. The summed E-state index contributed by atoms with van der Waals surface area (Å²) in [4.78, 5) is 13.7. The first kappa shape index (κ1) is 19.3. The highest BCUT2D eigenvalue weighted by molar-refractivity contribution is 7.99. The average Bonchev–Trinajstić information content (AvgIpc) is 3.33. The van der Waals surface area contributed by atoms with Crippen molar-refractivity contribution in [2.75, 3.05) is 17.7 Å². The first-order chi connectivity index (χ1) is 12.7. The van der Waals surface area contributed by atoms with Crippen LogP contribution in [-0.2, 0) is 4.74 Å². The highest BCUT2D eigenvalue weighted by Crippen LogP contribution is 2.30. The number of hydrogen-bond donors (Lipinski definition) is 1. The van der Waals surface area contributed by atoms with E-state index in [1.54, 1.807) is 11.8 Å². The van der Waals surface area contributed by atoms with Crippen LogP contribution in [0.3, 0.4) is 0 Å². The summed E-state index contributed by atoms with van der Waals surface area (Å²) in [5, 5.41) is 12.9. The molecule has 1 fully saturated rings. The van der Waals surface area contributed by atoms with E-state index in [0.717, 1.165) is 47.9 Å². The lowest BCUT2D eigenvalue weighted by atomic mass is 10.1. The van der Waals surface area contributed by atoms with Gasteiger partial charge >= 0.3 is 0 Å².